The second-order valence-corrected chi connectivity index (χ2v) is 9.14. The predicted molar refractivity (Wildman–Crippen MR) is 134 cm³/mol. The van der Waals surface area contributed by atoms with Gasteiger partial charge in [-0.25, -0.2) is 4.90 Å². The summed E-state index contributed by atoms with van der Waals surface area (Å²) in [6.45, 7) is 5.82. The molecule has 0 aliphatic carbocycles. The summed E-state index contributed by atoms with van der Waals surface area (Å²) in [4.78, 5) is 40.1. The smallest absolute Gasteiger partial charge is 0.308 e. The minimum atomic E-state index is -0.544. The van der Waals surface area contributed by atoms with E-state index in [0.29, 0.717) is 40.2 Å². The molecular weight excluding hydrogens is 448 g/mol. The lowest BCUT2D eigenvalue weighted by atomic mass is 9.92. The van der Waals surface area contributed by atoms with E-state index in [0.717, 1.165) is 16.0 Å². The van der Waals surface area contributed by atoms with Gasteiger partial charge >= 0.3 is 5.97 Å². The maximum Gasteiger partial charge on any atom is 0.308 e. The van der Waals surface area contributed by atoms with Crippen LogP contribution in [-0.4, -0.2) is 44.1 Å². The van der Waals surface area contributed by atoms with E-state index in [4.69, 9.17) is 14.2 Å². The molecule has 4 rings (SSSR count). The Bertz CT molecular complexity index is 1300. The molecule has 0 atom stereocenters. The number of hydrogen-bond donors (Lipinski definition) is 1. The van der Waals surface area contributed by atoms with Crippen LogP contribution in [0.1, 0.15) is 47.9 Å². The van der Waals surface area contributed by atoms with Crippen LogP contribution in [0.15, 0.2) is 48.5 Å². The van der Waals surface area contributed by atoms with Crippen LogP contribution >= 0.6 is 0 Å². The van der Waals surface area contributed by atoms with E-state index in [1.165, 1.54) is 14.2 Å². The summed E-state index contributed by atoms with van der Waals surface area (Å²) in [7, 11) is 3.01. The number of benzene rings is 3. The summed E-state index contributed by atoms with van der Waals surface area (Å²) in [6, 6.07) is 13.7. The number of amides is 2. The van der Waals surface area contributed by atoms with E-state index in [2.05, 4.69) is 5.32 Å². The van der Waals surface area contributed by atoms with Crippen LogP contribution in [0, 0.1) is 0 Å². The number of methoxy groups -OCH3 is 2. The van der Waals surface area contributed by atoms with Crippen molar-refractivity contribution in [3.8, 4) is 11.5 Å². The van der Waals surface area contributed by atoms with Gasteiger partial charge in [-0.2, -0.15) is 0 Å². The Labute approximate surface area is 203 Å². The molecule has 1 aliphatic heterocycles. The van der Waals surface area contributed by atoms with Crippen LogP contribution in [0.2, 0.25) is 0 Å². The standard InChI is InChI=1S/C27H28N2O6/c1-27(2,3)35-23(30)13-14-28-20-11-10-19-24-17(20)7-6-8-18(24)25(31)29(26(19)32)16-9-12-21(33-4)22(15-16)34-5/h6-12,15,28H,13-14H2,1-5H3. The third-order valence-electron chi connectivity index (χ3n) is 5.60. The molecule has 0 saturated heterocycles. The number of nitrogens with zero attached hydrogens (tertiary/aromatic N) is 1. The van der Waals surface area contributed by atoms with E-state index >= 15 is 0 Å². The first-order chi connectivity index (χ1) is 16.6. The maximum absolute atomic E-state index is 13.5. The Kier molecular flexibility index (Phi) is 6.39. The monoisotopic (exact) mass is 476 g/mol. The SMILES string of the molecule is COc1ccc(N2C(=O)c3cccc4c(NCCC(=O)OC(C)(C)C)ccc(c34)C2=O)cc1OC. The molecule has 8 nitrogen and oxygen atoms in total. The van der Waals surface area contributed by atoms with Crippen LogP contribution in [-0.2, 0) is 9.53 Å². The molecule has 8 heteroatoms. The quantitative estimate of drug-likeness (QED) is 0.387. The summed E-state index contributed by atoms with van der Waals surface area (Å²) < 4.78 is 16.0. The summed E-state index contributed by atoms with van der Waals surface area (Å²) in [5.74, 6) is -0.238. The molecule has 3 aromatic rings. The van der Waals surface area contributed by atoms with Crippen molar-refractivity contribution >= 4 is 39.9 Å². The predicted octanol–water partition coefficient (Wildman–Crippen LogP) is 4.80. The Balaban J connectivity index is 1.65. The average Bonchev–Trinajstić information content (AvgIpc) is 2.81. The second kappa shape index (κ2) is 9.29. The second-order valence-electron chi connectivity index (χ2n) is 9.14. The van der Waals surface area contributed by atoms with Crippen molar-refractivity contribution in [3.63, 3.8) is 0 Å². The molecule has 35 heavy (non-hydrogen) atoms. The van der Waals surface area contributed by atoms with Crippen molar-refractivity contribution in [1.82, 2.24) is 0 Å². The summed E-state index contributed by atoms with van der Waals surface area (Å²) >= 11 is 0. The molecule has 0 bridgehead atoms. The lowest BCUT2D eigenvalue weighted by Crippen LogP contribution is -2.40. The van der Waals surface area contributed by atoms with Gasteiger partial charge in [0.1, 0.15) is 5.60 Å². The summed E-state index contributed by atoms with van der Waals surface area (Å²) in [6.07, 6.45) is 0.186. The Morgan fingerprint density at radius 1 is 0.914 bits per heavy atom. The van der Waals surface area contributed by atoms with Gasteiger partial charge in [0.15, 0.2) is 11.5 Å². The number of rotatable bonds is 7. The largest absolute Gasteiger partial charge is 0.493 e. The van der Waals surface area contributed by atoms with Gasteiger partial charge in [0.05, 0.1) is 26.3 Å². The summed E-state index contributed by atoms with van der Waals surface area (Å²) in [5.41, 5.74) is 1.41. The van der Waals surface area contributed by atoms with Crippen molar-refractivity contribution in [2.45, 2.75) is 32.8 Å². The zero-order valence-electron chi connectivity index (χ0n) is 20.4. The zero-order chi connectivity index (χ0) is 25.3. The third kappa shape index (κ3) is 4.64. The van der Waals surface area contributed by atoms with Crippen LogP contribution in [0.25, 0.3) is 10.8 Å². The normalized spacial score (nSPS) is 13.1. The van der Waals surface area contributed by atoms with Gasteiger partial charge in [-0.15, -0.1) is 0 Å². The van der Waals surface area contributed by atoms with Gasteiger partial charge in [0, 0.05) is 40.2 Å². The maximum atomic E-state index is 13.5. The molecule has 0 saturated carbocycles. The van der Waals surface area contributed by atoms with Gasteiger partial charge in [-0.1, -0.05) is 12.1 Å². The number of carbonyl (C=O) groups is 3. The minimum Gasteiger partial charge on any atom is -0.493 e. The highest BCUT2D eigenvalue weighted by molar-refractivity contribution is 6.36. The fourth-order valence-corrected chi connectivity index (χ4v) is 4.14. The molecule has 0 unspecified atom stereocenters. The topological polar surface area (TPSA) is 94.2 Å². The van der Waals surface area contributed by atoms with Gasteiger partial charge in [0.25, 0.3) is 11.8 Å². The molecule has 182 valence electrons. The fourth-order valence-electron chi connectivity index (χ4n) is 4.14. The molecule has 1 heterocycles. The van der Waals surface area contributed by atoms with E-state index in [-0.39, 0.29) is 12.4 Å². The number of anilines is 2. The first-order valence-corrected chi connectivity index (χ1v) is 11.3. The number of nitrogens with one attached hydrogen (secondary N) is 1. The van der Waals surface area contributed by atoms with E-state index in [9.17, 15) is 14.4 Å². The zero-order valence-corrected chi connectivity index (χ0v) is 20.4. The van der Waals surface area contributed by atoms with Crippen molar-refractivity contribution in [2.75, 3.05) is 31.0 Å². The molecule has 0 radical (unpaired) electrons. The average molecular weight is 477 g/mol. The molecule has 1 aliphatic rings. The van der Waals surface area contributed by atoms with Gasteiger partial charge in [0.2, 0.25) is 0 Å². The highest BCUT2D eigenvalue weighted by Gasteiger charge is 2.35. The van der Waals surface area contributed by atoms with E-state index in [1.54, 1.807) is 42.5 Å². The van der Waals surface area contributed by atoms with E-state index in [1.807, 2.05) is 26.8 Å². The molecule has 3 aromatic carbocycles. The molecule has 0 fully saturated rings. The lowest BCUT2D eigenvalue weighted by molar-refractivity contribution is -0.154. The van der Waals surface area contributed by atoms with Gasteiger partial charge in [-0.3, -0.25) is 14.4 Å². The Morgan fingerprint density at radius 3 is 2.26 bits per heavy atom. The van der Waals surface area contributed by atoms with Crippen LogP contribution in [0.3, 0.4) is 0 Å². The number of hydrogen-bond acceptors (Lipinski definition) is 7. The Hall–Kier alpha value is -4.07. The van der Waals surface area contributed by atoms with Crippen LogP contribution < -0.4 is 19.7 Å². The number of imide groups is 1. The number of esters is 1. The molecule has 0 spiro atoms. The van der Waals surface area contributed by atoms with Crippen molar-refractivity contribution < 1.29 is 28.6 Å². The van der Waals surface area contributed by atoms with E-state index < -0.39 is 17.4 Å². The number of ether oxygens (including phenoxy) is 3. The molecule has 2 amide bonds. The summed E-state index contributed by atoms with van der Waals surface area (Å²) in [5, 5.41) is 4.56. The molecule has 0 aromatic heterocycles. The van der Waals surface area contributed by atoms with Gasteiger partial charge < -0.3 is 19.5 Å². The molecule has 1 N–H and O–H groups in total. The van der Waals surface area contributed by atoms with Crippen LogP contribution in [0.4, 0.5) is 11.4 Å². The lowest BCUT2D eigenvalue weighted by Gasteiger charge is -2.28. The highest BCUT2D eigenvalue weighted by atomic mass is 16.6. The first kappa shape index (κ1) is 24.1. The van der Waals surface area contributed by atoms with Crippen molar-refractivity contribution in [2.24, 2.45) is 0 Å². The van der Waals surface area contributed by atoms with Crippen molar-refractivity contribution in [1.29, 1.82) is 0 Å². The van der Waals surface area contributed by atoms with Gasteiger partial charge in [-0.05, 0) is 51.1 Å². The number of carbonyl (C=O) groups excluding carboxylic acids is 3. The van der Waals surface area contributed by atoms with Crippen LogP contribution in [0.5, 0.6) is 11.5 Å². The fraction of sp³-hybridized carbons (Fsp3) is 0.296. The third-order valence-corrected chi connectivity index (χ3v) is 5.60. The van der Waals surface area contributed by atoms with Crippen molar-refractivity contribution in [3.05, 3.63) is 59.7 Å². The Morgan fingerprint density at radius 2 is 1.60 bits per heavy atom. The first-order valence-electron chi connectivity index (χ1n) is 11.3. The molecular formula is C27H28N2O6. The highest BCUT2D eigenvalue weighted by Crippen LogP contribution is 2.38. The minimum absolute atomic E-state index is 0.186.